The predicted molar refractivity (Wildman–Crippen MR) is 87.4 cm³/mol. The Morgan fingerprint density at radius 3 is 2.10 bits per heavy atom. The summed E-state index contributed by atoms with van der Waals surface area (Å²) in [5.74, 6) is 4.28. The van der Waals surface area contributed by atoms with Crippen LogP contribution < -0.4 is 5.32 Å². The van der Waals surface area contributed by atoms with Crippen molar-refractivity contribution in [1.82, 2.24) is 15.1 Å². The van der Waals surface area contributed by atoms with Gasteiger partial charge in [-0.15, -0.1) is 0 Å². The molecule has 0 atom stereocenters. The summed E-state index contributed by atoms with van der Waals surface area (Å²) in [6.45, 7) is 7.60. The summed E-state index contributed by atoms with van der Waals surface area (Å²) in [4.78, 5) is 5.10. The minimum absolute atomic E-state index is 0.880. The summed E-state index contributed by atoms with van der Waals surface area (Å²) in [6.07, 6.45) is 9.09. The smallest absolute Gasteiger partial charge is 0.0124 e. The van der Waals surface area contributed by atoms with Gasteiger partial charge >= 0.3 is 0 Å². The lowest BCUT2D eigenvalue weighted by molar-refractivity contribution is -0.0138. The number of nitrogens with one attached hydrogen (secondary N) is 1. The minimum atomic E-state index is 0.880. The molecule has 0 aromatic carbocycles. The average Bonchev–Trinajstić information content (AvgIpc) is 2.47. The van der Waals surface area contributed by atoms with Crippen LogP contribution in [0.5, 0.6) is 0 Å². The van der Waals surface area contributed by atoms with E-state index >= 15 is 0 Å². The largest absolute Gasteiger partial charge is 0.313 e. The fraction of sp³-hybridized carbons (Fsp3) is 1.00. The van der Waals surface area contributed by atoms with Gasteiger partial charge in [0.1, 0.15) is 0 Å². The quantitative estimate of drug-likeness (QED) is 0.782. The molecule has 120 valence electrons. The van der Waals surface area contributed by atoms with Crippen LogP contribution in [0.1, 0.15) is 38.5 Å². The molecule has 0 radical (unpaired) electrons. The third-order valence-electron chi connectivity index (χ3n) is 6.85. The molecule has 3 heteroatoms. The van der Waals surface area contributed by atoms with Crippen molar-refractivity contribution in [3.63, 3.8) is 0 Å². The lowest BCUT2D eigenvalue weighted by Crippen LogP contribution is -2.54. The van der Waals surface area contributed by atoms with Crippen molar-refractivity contribution in [2.24, 2.45) is 23.7 Å². The van der Waals surface area contributed by atoms with Gasteiger partial charge in [0.05, 0.1) is 0 Å². The first kappa shape index (κ1) is 14.5. The maximum Gasteiger partial charge on any atom is 0.0124 e. The lowest BCUT2D eigenvalue weighted by atomic mass is 9.54. The zero-order valence-electron chi connectivity index (χ0n) is 13.8. The van der Waals surface area contributed by atoms with Gasteiger partial charge in [0.15, 0.2) is 0 Å². The van der Waals surface area contributed by atoms with Crippen LogP contribution in [-0.4, -0.2) is 62.2 Å². The first-order valence-electron chi connectivity index (χ1n) is 9.42. The third kappa shape index (κ3) is 3.16. The monoisotopic (exact) mass is 291 g/mol. The van der Waals surface area contributed by atoms with Crippen LogP contribution in [0.2, 0.25) is 0 Å². The first-order valence-corrected chi connectivity index (χ1v) is 9.42. The van der Waals surface area contributed by atoms with Crippen LogP contribution in [0, 0.1) is 23.7 Å². The van der Waals surface area contributed by atoms with Gasteiger partial charge in [-0.2, -0.15) is 0 Å². The van der Waals surface area contributed by atoms with Crippen molar-refractivity contribution in [2.45, 2.75) is 44.6 Å². The second-order valence-electron chi connectivity index (χ2n) is 8.41. The van der Waals surface area contributed by atoms with Gasteiger partial charge in [-0.1, -0.05) is 0 Å². The number of likely N-dealkylation sites (N-methyl/N-ethyl adjacent to an activating group) is 1. The predicted octanol–water partition coefficient (Wildman–Crippen LogP) is 2.04. The Labute approximate surface area is 130 Å². The number of nitrogens with zero attached hydrogens (tertiary/aromatic N) is 2. The van der Waals surface area contributed by atoms with E-state index in [1.54, 1.807) is 32.1 Å². The number of piperazine rings is 1. The van der Waals surface area contributed by atoms with Gasteiger partial charge in [0.25, 0.3) is 0 Å². The van der Waals surface area contributed by atoms with E-state index < -0.39 is 0 Å². The molecule has 5 rings (SSSR count). The maximum atomic E-state index is 3.98. The van der Waals surface area contributed by atoms with Crippen molar-refractivity contribution < 1.29 is 0 Å². The van der Waals surface area contributed by atoms with Crippen molar-refractivity contribution in [2.75, 3.05) is 46.3 Å². The number of rotatable bonds is 5. The van der Waals surface area contributed by atoms with Crippen molar-refractivity contribution >= 4 is 0 Å². The van der Waals surface area contributed by atoms with Crippen molar-refractivity contribution in [1.29, 1.82) is 0 Å². The SMILES string of the molecule is CN1CCN(CCCNC2C3CC4CC(C3)CC2C4)CC1. The van der Waals surface area contributed by atoms with Gasteiger partial charge in [-0.25, -0.2) is 0 Å². The van der Waals surface area contributed by atoms with Gasteiger partial charge in [-0.05, 0) is 82.3 Å². The Bertz CT molecular complexity index is 320. The fourth-order valence-electron chi connectivity index (χ4n) is 5.90. The Morgan fingerprint density at radius 2 is 1.48 bits per heavy atom. The molecule has 0 unspecified atom stereocenters. The van der Waals surface area contributed by atoms with Crippen LogP contribution in [0.4, 0.5) is 0 Å². The molecule has 5 aliphatic rings. The molecule has 1 aliphatic heterocycles. The van der Waals surface area contributed by atoms with E-state index in [0.717, 1.165) is 29.7 Å². The summed E-state index contributed by atoms with van der Waals surface area (Å²) in [6, 6.07) is 0.880. The highest BCUT2D eigenvalue weighted by Gasteiger charge is 2.47. The van der Waals surface area contributed by atoms with Crippen LogP contribution in [0.3, 0.4) is 0 Å². The molecule has 0 aromatic heterocycles. The van der Waals surface area contributed by atoms with Gasteiger partial charge in [0.2, 0.25) is 0 Å². The summed E-state index contributed by atoms with van der Waals surface area (Å²) in [5.41, 5.74) is 0. The highest BCUT2D eigenvalue weighted by molar-refractivity contribution is 5.01. The van der Waals surface area contributed by atoms with Crippen LogP contribution in [0.25, 0.3) is 0 Å². The van der Waals surface area contributed by atoms with Crippen molar-refractivity contribution in [3.05, 3.63) is 0 Å². The van der Waals surface area contributed by atoms with Crippen LogP contribution in [-0.2, 0) is 0 Å². The molecule has 0 spiro atoms. The highest BCUT2D eigenvalue weighted by Crippen LogP contribution is 2.53. The molecule has 5 fully saturated rings. The fourth-order valence-corrected chi connectivity index (χ4v) is 5.90. The second-order valence-corrected chi connectivity index (χ2v) is 8.41. The summed E-state index contributed by atoms with van der Waals surface area (Å²) in [5, 5.41) is 3.98. The molecule has 4 bridgehead atoms. The molecule has 0 aromatic rings. The Balaban J connectivity index is 1.18. The summed E-state index contributed by atoms with van der Waals surface area (Å²) < 4.78 is 0. The van der Waals surface area contributed by atoms with E-state index in [-0.39, 0.29) is 0 Å². The molecule has 21 heavy (non-hydrogen) atoms. The van der Waals surface area contributed by atoms with Gasteiger partial charge in [0, 0.05) is 32.2 Å². The highest BCUT2D eigenvalue weighted by atomic mass is 15.2. The number of hydrogen-bond donors (Lipinski definition) is 1. The molecule has 0 amide bonds. The maximum absolute atomic E-state index is 3.98. The van der Waals surface area contributed by atoms with E-state index in [1.165, 1.54) is 45.7 Å². The summed E-state index contributed by atoms with van der Waals surface area (Å²) >= 11 is 0. The molecular formula is C18H33N3. The van der Waals surface area contributed by atoms with E-state index in [9.17, 15) is 0 Å². The normalized spacial score (nSPS) is 43.6. The topological polar surface area (TPSA) is 18.5 Å². The van der Waals surface area contributed by atoms with Gasteiger partial charge < -0.3 is 15.1 Å². The Hall–Kier alpha value is -0.120. The minimum Gasteiger partial charge on any atom is -0.313 e. The Morgan fingerprint density at radius 1 is 0.857 bits per heavy atom. The molecule has 1 saturated heterocycles. The molecule has 4 aliphatic carbocycles. The van der Waals surface area contributed by atoms with Crippen LogP contribution >= 0.6 is 0 Å². The molecule has 1 N–H and O–H groups in total. The zero-order chi connectivity index (χ0) is 14.2. The average molecular weight is 291 g/mol. The third-order valence-corrected chi connectivity index (χ3v) is 6.85. The number of hydrogen-bond acceptors (Lipinski definition) is 3. The lowest BCUT2D eigenvalue weighted by Gasteiger charge is -2.54. The molecular weight excluding hydrogens is 258 g/mol. The first-order chi connectivity index (χ1) is 10.3. The standard InChI is InChI=1S/C18H33N3/c1-20-5-7-21(8-6-20)4-2-3-19-18-16-10-14-9-15(12-16)13-17(18)11-14/h14-19H,2-13H2,1H3. The summed E-state index contributed by atoms with van der Waals surface area (Å²) in [7, 11) is 2.24. The Kier molecular flexibility index (Phi) is 4.25. The zero-order valence-corrected chi connectivity index (χ0v) is 13.8. The van der Waals surface area contributed by atoms with Crippen LogP contribution in [0.15, 0.2) is 0 Å². The van der Waals surface area contributed by atoms with Crippen molar-refractivity contribution in [3.8, 4) is 0 Å². The second kappa shape index (κ2) is 6.17. The molecule has 1 heterocycles. The van der Waals surface area contributed by atoms with E-state index in [0.29, 0.717) is 0 Å². The van der Waals surface area contributed by atoms with Gasteiger partial charge in [-0.3, -0.25) is 0 Å². The molecule has 4 saturated carbocycles. The molecule has 3 nitrogen and oxygen atoms in total. The van der Waals surface area contributed by atoms with E-state index in [4.69, 9.17) is 0 Å². The van der Waals surface area contributed by atoms with E-state index in [2.05, 4.69) is 22.2 Å². The van der Waals surface area contributed by atoms with E-state index in [1.807, 2.05) is 0 Å².